The van der Waals surface area contributed by atoms with Crippen LogP contribution in [-0.4, -0.2) is 42.2 Å². The smallest absolute Gasteiger partial charge is 0.276 e. The van der Waals surface area contributed by atoms with Crippen molar-refractivity contribution in [2.75, 3.05) is 20.2 Å². The Kier molecular flexibility index (Phi) is 5.14. The van der Waals surface area contributed by atoms with Crippen LogP contribution in [0, 0.1) is 5.92 Å². The minimum absolute atomic E-state index is 0.0797. The number of rotatable bonds is 6. The number of hydrogen-bond donors (Lipinski definition) is 1. The molecule has 0 bridgehead atoms. The van der Waals surface area contributed by atoms with Gasteiger partial charge >= 0.3 is 0 Å². The lowest BCUT2D eigenvalue weighted by Gasteiger charge is -2.31. The summed E-state index contributed by atoms with van der Waals surface area (Å²) in [4.78, 5) is 14.4. The van der Waals surface area contributed by atoms with E-state index in [9.17, 15) is 4.79 Å². The van der Waals surface area contributed by atoms with Gasteiger partial charge in [-0.15, -0.1) is 0 Å². The second-order valence-electron chi connectivity index (χ2n) is 5.20. The summed E-state index contributed by atoms with van der Waals surface area (Å²) in [5.74, 6) is 0.877. The van der Waals surface area contributed by atoms with Gasteiger partial charge in [0.25, 0.3) is 5.91 Å². The topological polar surface area (TPSA) is 81.6 Å². The number of carbonyl (C=O) groups excluding carboxylic acids is 1. The lowest BCUT2D eigenvalue weighted by molar-refractivity contribution is 0.0641. The van der Waals surface area contributed by atoms with Gasteiger partial charge in [-0.05, 0) is 32.2 Å². The molecule has 6 heteroatoms. The molecule has 1 aromatic heterocycles. The third-order valence-electron chi connectivity index (χ3n) is 3.99. The number of methoxy groups -OCH3 is 1. The molecule has 0 radical (unpaired) electrons. The Morgan fingerprint density at radius 1 is 1.60 bits per heavy atom. The number of nitrogens with zero attached hydrogens (tertiary/aromatic N) is 2. The van der Waals surface area contributed by atoms with E-state index in [-0.39, 0.29) is 11.9 Å². The molecule has 2 atom stereocenters. The van der Waals surface area contributed by atoms with Crippen molar-refractivity contribution in [2.24, 2.45) is 11.7 Å². The van der Waals surface area contributed by atoms with Gasteiger partial charge in [0.1, 0.15) is 6.61 Å². The van der Waals surface area contributed by atoms with Gasteiger partial charge in [-0.3, -0.25) is 4.79 Å². The molecule has 0 saturated heterocycles. The summed E-state index contributed by atoms with van der Waals surface area (Å²) in [5, 5.41) is 3.85. The molecule has 112 valence electrons. The molecule has 1 aliphatic carbocycles. The Morgan fingerprint density at radius 3 is 3.05 bits per heavy atom. The molecule has 0 spiro atoms. The Labute approximate surface area is 119 Å². The molecule has 1 amide bonds. The van der Waals surface area contributed by atoms with Crippen LogP contribution >= 0.6 is 0 Å². The first kappa shape index (κ1) is 15.0. The van der Waals surface area contributed by atoms with Crippen LogP contribution < -0.4 is 5.73 Å². The number of hydrogen-bond acceptors (Lipinski definition) is 5. The van der Waals surface area contributed by atoms with Gasteiger partial charge in [-0.1, -0.05) is 11.6 Å². The zero-order chi connectivity index (χ0) is 14.5. The maximum Gasteiger partial charge on any atom is 0.276 e. The van der Waals surface area contributed by atoms with E-state index in [1.807, 2.05) is 11.8 Å². The third-order valence-corrected chi connectivity index (χ3v) is 3.99. The number of ether oxygens (including phenoxy) is 1. The Morgan fingerprint density at radius 2 is 2.40 bits per heavy atom. The highest BCUT2D eigenvalue weighted by Gasteiger charge is 2.34. The molecule has 1 aromatic rings. The molecule has 0 aromatic carbocycles. The van der Waals surface area contributed by atoms with Crippen LogP contribution in [0.3, 0.4) is 0 Å². The van der Waals surface area contributed by atoms with E-state index >= 15 is 0 Å². The molecule has 1 saturated carbocycles. The van der Waals surface area contributed by atoms with E-state index in [4.69, 9.17) is 15.0 Å². The first-order valence-corrected chi connectivity index (χ1v) is 7.16. The Balaban J connectivity index is 2.11. The predicted octanol–water partition coefficient (Wildman–Crippen LogP) is 1.41. The van der Waals surface area contributed by atoms with Crippen molar-refractivity contribution in [3.63, 3.8) is 0 Å². The summed E-state index contributed by atoms with van der Waals surface area (Å²) in [6.07, 6.45) is 3.24. The molecular formula is C14H23N3O3. The quantitative estimate of drug-likeness (QED) is 0.852. The van der Waals surface area contributed by atoms with Crippen molar-refractivity contribution in [1.82, 2.24) is 10.1 Å². The first-order valence-electron chi connectivity index (χ1n) is 7.16. The number of nitrogens with two attached hydrogens (primary N) is 1. The zero-order valence-electron chi connectivity index (χ0n) is 12.2. The maximum absolute atomic E-state index is 12.6. The lowest BCUT2D eigenvalue weighted by atomic mass is 10.0. The van der Waals surface area contributed by atoms with E-state index in [0.717, 1.165) is 19.3 Å². The minimum Gasteiger partial charge on any atom is -0.377 e. The van der Waals surface area contributed by atoms with Crippen LogP contribution in [0.4, 0.5) is 0 Å². The van der Waals surface area contributed by atoms with Crippen molar-refractivity contribution in [1.29, 1.82) is 0 Å². The summed E-state index contributed by atoms with van der Waals surface area (Å²) in [5.41, 5.74) is 6.16. The average Bonchev–Trinajstić information content (AvgIpc) is 3.09. The fourth-order valence-electron chi connectivity index (χ4n) is 3.00. The summed E-state index contributed by atoms with van der Waals surface area (Å²) in [7, 11) is 1.58. The normalized spacial score (nSPS) is 22.1. The Bertz CT molecular complexity index is 447. The lowest BCUT2D eigenvalue weighted by Crippen LogP contribution is -2.44. The molecule has 2 unspecified atom stereocenters. The van der Waals surface area contributed by atoms with Crippen LogP contribution in [0.25, 0.3) is 0 Å². The van der Waals surface area contributed by atoms with Gasteiger partial charge in [-0.2, -0.15) is 0 Å². The number of aromatic nitrogens is 1. The fraction of sp³-hybridized carbons (Fsp3) is 0.714. The summed E-state index contributed by atoms with van der Waals surface area (Å²) in [6, 6.07) is 1.88. The summed E-state index contributed by atoms with van der Waals surface area (Å²) < 4.78 is 10.1. The molecule has 1 fully saturated rings. The van der Waals surface area contributed by atoms with Crippen LogP contribution in [0.1, 0.15) is 42.4 Å². The SMILES string of the molecule is CCN(C(=O)c1cc(COC)on1)C1CCCC1CN. The Hall–Kier alpha value is -1.40. The minimum atomic E-state index is -0.0797. The monoisotopic (exact) mass is 281 g/mol. The van der Waals surface area contributed by atoms with E-state index in [0.29, 0.717) is 37.1 Å². The van der Waals surface area contributed by atoms with E-state index in [1.54, 1.807) is 13.2 Å². The average molecular weight is 281 g/mol. The van der Waals surface area contributed by atoms with Crippen molar-refractivity contribution >= 4 is 5.91 Å². The standard InChI is InChI=1S/C14H23N3O3/c1-3-17(13-6-4-5-10(13)8-15)14(18)12-7-11(9-19-2)20-16-12/h7,10,13H,3-6,8-9,15H2,1-2H3. The van der Waals surface area contributed by atoms with Crippen LogP contribution in [-0.2, 0) is 11.3 Å². The molecule has 2 rings (SSSR count). The summed E-state index contributed by atoms with van der Waals surface area (Å²) in [6.45, 7) is 3.59. The molecule has 1 heterocycles. The van der Waals surface area contributed by atoms with E-state index < -0.39 is 0 Å². The van der Waals surface area contributed by atoms with Crippen molar-refractivity contribution in [3.8, 4) is 0 Å². The first-order chi connectivity index (χ1) is 9.71. The van der Waals surface area contributed by atoms with E-state index in [2.05, 4.69) is 5.16 Å². The number of carbonyl (C=O) groups is 1. The highest BCUT2D eigenvalue weighted by atomic mass is 16.5. The van der Waals surface area contributed by atoms with Gasteiger partial charge in [-0.25, -0.2) is 0 Å². The third kappa shape index (κ3) is 3.02. The van der Waals surface area contributed by atoms with Gasteiger partial charge in [0.05, 0.1) is 0 Å². The van der Waals surface area contributed by atoms with Gasteiger partial charge < -0.3 is 19.9 Å². The highest BCUT2D eigenvalue weighted by Crippen LogP contribution is 2.30. The second-order valence-corrected chi connectivity index (χ2v) is 5.20. The zero-order valence-corrected chi connectivity index (χ0v) is 12.2. The second kappa shape index (κ2) is 6.85. The number of amides is 1. The fourth-order valence-corrected chi connectivity index (χ4v) is 3.00. The molecule has 2 N–H and O–H groups in total. The van der Waals surface area contributed by atoms with Crippen LogP contribution in [0.5, 0.6) is 0 Å². The maximum atomic E-state index is 12.6. The molecule has 6 nitrogen and oxygen atoms in total. The van der Waals surface area contributed by atoms with Crippen molar-refractivity contribution in [3.05, 3.63) is 17.5 Å². The molecule has 1 aliphatic rings. The van der Waals surface area contributed by atoms with Crippen molar-refractivity contribution < 1.29 is 14.1 Å². The van der Waals surface area contributed by atoms with Gasteiger partial charge in [0.15, 0.2) is 11.5 Å². The molecule has 0 aliphatic heterocycles. The molecular weight excluding hydrogens is 258 g/mol. The van der Waals surface area contributed by atoms with Gasteiger partial charge in [0, 0.05) is 25.8 Å². The predicted molar refractivity (Wildman–Crippen MR) is 74.1 cm³/mol. The highest BCUT2D eigenvalue weighted by molar-refractivity contribution is 5.92. The van der Waals surface area contributed by atoms with Gasteiger partial charge in [0.2, 0.25) is 0 Å². The largest absolute Gasteiger partial charge is 0.377 e. The molecule has 20 heavy (non-hydrogen) atoms. The van der Waals surface area contributed by atoms with Crippen LogP contribution in [0.15, 0.2) is 10.6 Å². The van der Waals surface area contributed by atoms with E-state index in [1.165, 1.54) is 0 Å². The van der Waals surface area contributed by atoms with Crippen molar-refractivity contribution in [2.45, 2.75) is 38.8 Å². The summed E-state index contributed by atoms with van der Waals surface area (Å²) >= 11 is 0. The van der Waals surface area contributed by atoms with Crippen LogP contribution in [0.2, 0.25) is 0 Å².